The van der Waals surface area contributed by atoms with Crippen molar-refractivity contribution in [2.75, 3.05) is 14.2 Å². The molecule has 2 fully saturated rings. The maximum absolute atomic E-state index is 11.4. The van der Waals surface area contributed by atoms with Gasteiger partial charge in [0.05, 0.1) is 35.4 Å². The molecule has 2 aliphatic rings. The number of carbonyl (C=O) groups is 4. The predicted octanol–water partition coefficient (Wildman–Crippen LogP) is 2.93. The standard InChI is InChI=1S/2C10H8ClNO4.Na/c2*1-15-6-4-2-3-5(11)7(6)8-9(13)12-10(14)16-8;/h2*2-4,8H,1H3,(H,12,13,14);. The number of methoxy groups -OCH3 is 2. The van der Waals surface area contributed by atoms with Gasteiger partial charge in [0, 0.05) is 29.6 Å². The van der Waals surface area contributed by atoms with Crippen molar-refractivity contribution >= 4 is 76.8 Å². The van der Waals surface area contributed by atoms with Gasteiger partial charge in [-0.15, -0.1) is 0 Å². The molecule has 4 amide bonds. The fourth-order valence-corrected chi connectivity index (χ4v) is 3.52. The van der Waals surface area contributed by atoms with E-state index in [1.807, 2.05) is 10.6 Å². The van der Waals surface area contributed by atoms with E-state index in [1.165, 1.54) is 14.2 Å². The zero-order valence-electron chi connectivity index (χ0n) is 17.6. The summed E-state index contributed by atoms with van der Waals surface area (Å²) in [5, 5.41) is 4.69. The van der Waals surface area contributed by atoms with Crippen LogP contribution in [0.3, 0.4) is 0 Å². The van der Waals surface area contributed by atoms with Crippen LogP contribution in [-0.4, -0.2) is 67.8 Å². The van der Waals surface area contributed by atoms with Crippen LogP contribution in [0.5, 0.6) is 11.5 Å². The van der Waals surface area contributed by atoms with E-state index in [4.69, 9.17) is 42.1 Å². The van der Waals surface area contributed by atoms with Crippen molar-refractivity contribution in [3.8, 4) is 11.5 Å². The number of cyclic esters (lactones) is 2. The van der Waals surface area contributed by atoms with E-state index in [2.05, 4.69) is 0 Å². The van der Waals surface area contributed by atoms with E-state index in [-0.39, 0.29) is 29.6 Å². The topological polar surface area (TPSA) is 129 Å². The Morgan fingerprint density at radius 3 is 1.36 bits per heavy atom. The van der Waals surface area contributed by atoms with Gasteiger partial charge in [-0.05, 0) is 24.3 Å². The zero-order chi connectivity index (χ0) is 23.4. The first kappa shape index (κ1) is 26.7. The molecule has 2 N–H and O–H groups in total. The first-order chi connectivity index (χ1) is 15.3. The van der Waals surface area contributed by atoms with Crippen LogP contribution in [0.25, 0.3) is 0 Å². The minimum absolute atomic E-state index is 0. The van der Waals surface area contributed by atoms with Crippen LogP contribution in [0, 0.1) is 0 Å². The van der Waals surface area contributed by atoms with Crippen molar-refractivity contribution in [3.63, 3.8) is 0 Å². The van der Waals surface area contributed by atoms with Crippen LogP contribution in [0.15, 0.2) is 36.4 Å². The van der Waals surface area contributed by atoms with Gasteiger partial charge in [0.15, 0.2) is 0 Å². The van der Waals surface area contributed by atoms with Gasteiger partial charge in [0.1, 0.15) is 11.5 Å². The smallest absolute Gasteiger partial charge is 0.415 e. The van der Waals surface area contributed by atoms with Crippen LogP contribution < -0.4 is 20.1 Å². The number of nitrogens with one attached hydrogen (secondary N) is 2. The third-order valence-electron chi connectivity index (χ3n) is 4.37. The second-order valence-electron chi connectivity index (χ2n) is 6.26. The number of alkyl carbamates (subject to hydrolysis) is 2. The number of carbonyl (C=O) groups excluding carboxylic acids is 4. The van der Waals surface area contributed by atoms with Crippen molar-refractivity contribution in [2.24, 2.45) is 0 Å². The first-order valence-corrected chi connectivity index (χ1v) is 9.70. The van der Waals surface area contributed by atoms with Gasteiger partial charge < -0.3 is 18.9 Å². The van der Waals surface area contributed by atoms with E-state index in [0.717, 1.165) is 0 Å². The zero-order valence-corrected chi connectivity index (χ0v) is 21.2. The van der Waals surface area contributed by atoms with E-state index in [1.54, 1.807) is 36.4 Å². The quantitative estimate of drug-likeness (QED) is 0.606. The molecule has 2 heterocycles. The number of ether oxygens (including phenoxy) is 4. The summed E-state index contributed by atoms with van der Waals surface area (Å²) in [5.41, 5.74) is 0.713. The van der Waals surface area contributed by atoms with Crippen LogP contribution in [0.4, 0.5) is 9.59 Å². The summed E-state index contributed by atoms with van der Waals surface area (Å²) in [6, 6.07) is 9.83. The maximum atomic E-state index is 11.4. The molecule has 4 rings (SSSR count). The van der Waals surface area contributed by atoms with Crippen LogP contribution in [0.1, 0.15) is 23.3 Å². The molecule has 2 aromatic carbocycles. The minimum Gasteiger partial charge on any atom is -0.496 e. The van der Waals surface area contributed by atoms with Crippen LogP contribution in [0.2, 0.25) is 10.0 Å². The fraction of sp³-hybridized carbons (Fsp3) is 0.200. The molecule has 0 bridgehead atoms. The van der Waals surface area contributed by atoms with Gasteiger partial charge in [0.2, 0.25) is 12.2 Å². The summed E-state index contributed by atoms with van der Waals surface area (Å²) >= 11 is 11.9. The molecule has 2 aromatic rings. The maximum Gasteiger partial charge on any atom is 0.415 e. The second-order valence-corrected chi connectivity index (χ2v) is 7.08. The fourth-order valence-electron chi connectivity index (χ4n) is 2.99. The van der Waals surface area contributed by atoms with Crippen LogP contribution >= 0.6 is 23.2 Å². The average Bonchev–Trinajstić information content (AvgIpc) is 3.27. The van der Waals surface area contributed by atoms with E-state index in [0.29, 0.717) is 32.7 Å². The minimum atomic E-state index is -1.05. The largest absolute Gasteiger partial charge is 0.496 e. The molecule has 169 valence electrons. The molecule has 2 saturated heterocycles. The van der Waals surface area contributed by atoms with Crippen molar-refractivity contribution in [2.45, 2.75) is 12.2 Å². The summed E-state index contributed by atoms with van der Waals surface area (Å²) in [5.74, 6) is -0.280. The van der Waals surface area contributed by atoms with Gasteiger partial charge in [0.25, 0.3) is 11.8 Å². The van der Waals surface area contributed by atoms with Gasteiger partial charge >= 0.3 is 12.2 Å². The molecule has 33 heavy (non-hydrogen) atoms. The third kappa shape index (κ3) is 5.90. The normalized spacial score (nSPS) is 18.7. The van der Waals surface area contributed by atoms with Gasteiger partial charge in [-0.1, -0.05) is 35.3 Å². The number of amides is 4. The molecule has 0 saturated carbocycles. The summed E-state index contributed by atoms with van der Waals surface area (Å²) in [6.07, 6.45) is -3.65. The number of hydrogen-bond acceptors (Lipinski definition) is 8. The Hall–Kier alpha value is -2.50. The first-order valence-electron chi connectivity index (χ1n) is 8.94. The summed E-state index contributed by atoms with van der Waals surface area (Å²) in [6.45, 7) is 0. The second kappa shape index (κ2) is 11.6. The average molecular weight is 506 g/mol. The number of imide groups is 2. The number of hydrogen-bond donors (Lipinski definition) is 2. The van der Waals surface area contributed by atoms with E-state index in [9.17, 15) is 19.2 Å². The number of halogens is 2. The molecule has 10 nitrogen and oxygen atoms in total. The van der Waals surface area contributed by atoms with Crippen LogP contribution in [-0.2, 0) is 19.1 Å². The molecule has 2 unspecified atom stereocenters. The molecule has 0 aromatic heterocycles. The summed E-state index contributed by atoms with van der Waals surface area (Å²) in [7, 11) is 2.90. The molecular weight excluding hydrogens is 490 g/mol. The number of benzene rings is 2. The van der Waals surface area contributed by atoms with Crippen molar-refractivity contribution in [1.29, 1.82) is 0 Å². The monoisotopic (exact) mass is 505 g/mol. The molecule has 1 radical (unpaired) electrons. The molecule has 13 heteroatoms. The Morgan fingerprint density at radius 2 is 1.09 bits per heavy atom. The molecule has 0 spiro atoms. The van der Waals surface area contributed by atoms with Crippen molar-refractivity contribution in [3.05, 3.63) is 57.6 Å². The molecular formula is C20H16Cl2N2NaO8. The van der Waals surface area contributed by atoms with E-state index >= 15 is 0 Å². The Morgan fingerprint density at radius 1 is 0.727 bits per heavy atom. The Labute approximate surface area is 220 Å². The van der Waals surface area contributed by atoms with E-state index < -0.39 is 36.2 Å². The summed E-state index contributed by atoms with van der Waals surface area (Å²) < 4.78 is 19.8. The third-order valence-corrected chi connectivity index (χ3v) is 5.03. The molecule has 2 aliphatic heterocycles. The molecule has 2 atom stereocenters. The SMILES string of the molecule is COc1cccc(Cl)c1C1OC(=O)NC1=O.COc1cccc(Cl)c1C1OC(=O)NC1=O.[Na]. The molecule has 0 aliphatic carbocycles. The van der Waals surface area contributed by atoms with Gasteiger partial charge in [-0.2, -0.15) is 0 Å². The number of rotatable bonds is 4. The predicted molar refractivity (Wildman–Crippen MR) is 116 cm³/mol. The Balaban J connectivity index is 0.000000227. The van der Waals surface area contributed by atoms with Crippen molar-refractivity contribution < 1.29 is 38.1 Å². The Bertz CT molecular complexity index is 1010. The van der Waals surface area contributed by atoms with Crippen molar-refractivity contribution in [1.82, 2.24) is 10.6 Å². The van der Waals surface area contributed by atoms with Gasteiger partial charge in [-0.25, -0.2) is 9.59 Å². The summed E-state index contributed by atoms with van der Waals surface area (Å²) in [4.78, 5) is 44.7. The Kier molecular flexibility index (Phi) is 9.38. The van der Waals surface area contributed by atoms with Gasteiger partial charge in [-0.3, -0.25) is 20.2 Å².